The van der Waals surface area contributed by atoms with E-state index in [2.05, 4.69) is 23.5 Å². The lowest BCUT2D eigenvalue weighted by molar-refractivity contribution is 0.211. The summed E-state index contributed by atoms with van der Waals surface area (Å²) in [6.07, 6.45) is 9.09. The van der Waals surface area contributed by atoms with Gasteiger partial charge >= 0.3 is 0 Å². The SMILES string of the molecule is CSCCCCNCCC1CCN(C)CC1. The number of rotatable bonds is 8. The minimum atomic E-state index is 0.981. The molecule has 1 N–H and O–H groups in total. The number of likely N-dealkylation sites (tertiary alicyclic amines) is 1. The summed E-state index contributed by atoms with van der Waals surface area (Å²) in [7, 11) is 2.24. The minimum absolute atomic E-state index is 0.981. The summed E-state index contributed by atoms with van der Waals surface area (Å²) in [5.74, 6) is 2.30. The monoisotopic (exact) mass is 244 g/mol. The van der Waals surface area contributed by atoms with Crippen LogP contribution in [-0.2, 0) is 0 Å². The molecule has 1 aliphatic heterocycles. The van der Waals surface area contributed by atoms with E-state index in [1.165, 1.54) is 64.0 Å². The van der Waals surface area contributed by atoms with Crippen molar-refractivity contribution in [3.05, 3.63) is 0 Å². The van der Waals surface area contributed by atoms with Crippen molar-refractivity contribution >= 4 is 11.8 Å². The molecule has 0 spiro atoms. The van der Waals surface area contributed by atoms with Crippen LogP contribution in [0.2, 0.25) is 0 Å². The first-order valence-corrected chi connectivity index (χ1v) is 8.10. The van der Waals surface area contributed by atoms with E-state index in [9.17, 15) is 0 Å². The fourth-order valence-electron chi connectivity index (χ4n) is 2.28. The molecule has 2 nitrogen and oxygen atoms in total. The highest BCUT2D eigenvalue weighted by molar-refractivity contribution is 7.98. The Morgan fingerprint density at radius 2 is 1.94 bits per heavy atom. The van der Waals surface area contributed by atoms with E-state index >= 15 is 0 Å². The van der Waals surface area contributed by atoms with Gasteiger partial charge in [-0.1, -0.05) is 0 Å². The van der Waals surface area contributed by atoms with Crippen LogP contribution in [0, 0.1) is 5.92 Å². The maximum absolute atomic E-state index is 3.58. The van der Waals surface area contributed by atoms with Crippen molar-refractivity contribution < 1.29 is 0 Å². The minimum Gasteiger partial charge on any atom is -0.317 e. The van der Waals surface area contributed by atoms with Crippen LogP contribution >= 0.6 is 11.8 Å². The molecule has 0 atom stereocenters. The van der Waals surface area contributed by atoms with Gasteiger partial charge in [0.2, 0.25) is 0 Å². The van der Waals surface area contributed by atoms with Gasteiger partial charge in [0, 0.05) is 0 Å². The third kappa shape index (κ3) is 6.77. The quantitative estimate of drug-likeness (QED) is 0.660. The van der Waals surface area contributed by atoms with Gasteiger partial charge in [-0.2, -0.15) is 11.8 Å². The van der Waals surface area contributed by atoms with E-state index in [4.69, 9.17) is 0 Å². The average molecular weight is 244 g/mol. The number of unbranched alkanes of at least 4 members (excludes halogenated alkanes) is 1. The maximum atomic E-state index is 3.58. The number of thioether (sulfide) groups is 1. The summed E-state index contributed by atoms with van der Waals surface area (Å²) in [5, 5.41) is 3.58. The number of hydrogen-bond donors (Lipinski definition) is 1. The highest BCUT2D eigenvalue weighted by Crippen LogP contribution is 2.18. The first-order chi connectivity index (χ1) is 7.83. The lowest BCUT2D eigenvalue weighted by Gasteiger charge is -2.28. The molecule has 1 aliphatic rings. The highest BCUT2D eigenvalue weighted by atomic mass is 32.2. The van der Waals surface area contributed by atoms with Crippen LogP contribution in [0.5, 0.6) is 0 Å². The smallest absolute Gasteiger partial charge is 0.00191 e. The van der Waals surface area contributed by atoms with Crippen LogP contribution in [0.15, 0.2) is 0 Å². The summed E-state index contributed by atoms with van der Waals surface area (Å²) in [6.45, 7) is 5.05. The van der Waals surface area contributed by atoms with E-state index in [-0.39, 0.29) is 0 Å². The lowest BCUT2D eigenvalue weighted by atomic mass is 9.94. The highest BCUT2D eigenvalue weighted by Gasteiger charge is 2.15. The molecule has 0 aromatic heterocycles. The van der Waals surface area contributed by atoms with Gasteiger partial charge in [-0.05, 0) is 83.3 Å². The first-order valence-electron chi connectivity index (χ1n) is 6.71. The predicted octanol–water partition coefficient (Wildman–Crippen LogP) is 2.45. The Balaban J connectivity index is 1.84. The van der Waals surface area contributed by atoms with Crippen molar-refractivity contribution in [3.8, 4) is 0 Å². The van der Waals surface area contributed by atoms with Crippen molar-refractivity contribution in [3.63, 3.8) is 0 Å². The fourth-order valence-corrected chi connectivity index (χ4v) is 2.77. The van der Waals surface area contributed by atoms with Gasteiger partial charge in [-0.15, -0.1) is 0 Å². The molecule has 0 unspecified atom stereocenters. The van der Waals surface area contributed by atoms with Gasteiger partial charge in [0.15, 0.2) is 0 Å². The standard InChI is InChI=1S/C13H28N2S/c1-15-10-6-13(7-11-15)5-9-14-8-3-4-12-16-2/h13-14H,3-12H2,1-2H3. The number of piperidine rings is 1. The summed E-state index contributed by atoms with van der Waals surface area (Å²) >= 11 is 1.96. The van der Waals surface area contributed by atoms with Gasteiger partial charge in [0.1, 0.15) is 0 Å². The summed E-state index contributed by atoms with van der Waals surface area (Å²) < 4.78 is 0. The molecule has 1 heterocycles. The Labute approximate surface area is 106 Å². The van der Waals surface area contributed by atoms with Crippen LogP contribution in [0.25, 0.3) is 0 Å². The molecule has 0 radical (unpaired) electrons. The van der Waals surface area contributed by atoms with Crippen LogP contribution in [0.1, 0.15) is 32.1 Å². The molecule has 3 heteroatoms. The third-order valence-electron chi connectivity index (χ3n) is 3.52. The normalized spacial score (nSPS) is 19.1. The number of hydrogen-bond acceptors (Lipinski definition) is 3. The average Bonchev–Trinajstić information content (AvgIpc) is 2.30. The summed E-state index contributed by atoms with van der Waals surface area (Å²) in [4.78, 5) is 2.45. The molecule has 0 amide bonds. The van der Waals surface area contributed by atoms with Crippen molar-refractivity contribution in [2.75, 3.05) is 45.2 Å². The van der Waals surface area contributed by atoms with E-state index in [0.717, 1.165) is 5.92 Å². The largest absolute Gasteiger partial charge is 0.317 e. The second-order valence-electron chi connectivity index (χ2n) is 4.99. The van der Waals surface area contributed by atoms with Crippen LogP contribution in [-0.4, -0.2) is 50.1 Å². The van der Waals surface area contributed by atoms with Gasteiger partial charge in [0.25, 0.3) is 0 Å². The van der Waals surface area contributed by atoms with E-state index in [1.807, 2.05) is 11.8 Å². The van der Waals surface area contributed by atoms with Crippen LogP contribution < -0.4 is 5.32 Å². The van der Waals surface area contributed by atoms with Crippen molar-refractivity contribution in [2.45, 2.75) is 32.1 Å². The second kappa shape index (κ2) is 9.32. The Bertz CT molecular complexity index is 156. The molecular formula is C13H28N2S. The molecule has 0 saturated carbocycles. The zero-order chi connectivity index (χ0) is 11.6. The Morgan fingerprint density at radius 1 is 1.19 bits per heavy atom. The molecule has 1 saturated heterocycles. The molecule has 0 bridgehead atoms. The molecule has 96 valence electrons. The van der Waals surface area contributed by atoms with Crippen molar-refractivity contribution in [2.24, 2.45) is 5.92 Å². The Hall–Kier alpha value is 0.270. The third-order valence-corrected chi connectivity index (χ3v) is 4.22. The van der Waals surface area contributed by atoms with Gasteiger partial charge in [-0.25, -0.2) is 0 Å². The molecule has 16 heavy (non-hydrogen) atoms. The second-order valence-corrected chi connectivity index (χ2v) is 5.97. The zero-order valence-electron chi connectivity index (χ0n) is 11.0. The van der Waals surface area contributed by atoms with E-state index in [0.29, 0.717) is 0 Å². The van der Waals surface area contributed by atoms with Gasteiger partial charge in [-0.3, -0.25) is 0 Å². The lowest BCUT2D eigenvalue weighted by Crippen LogP contribution is -2.31. The molecule has 1 rings (SSSR count). The maximum Gasteiger partial charge on any atom is -0.00191 e. The number of nitrogens with zero attached hydrogens (tertiary/aromatic N) is 1. The topological polar surface area (TPSA) is 15.3 Å². The number of nitrogens with one attached hydrogen (secondary N) is 1. The summed E-state index contributed by atoms with van der Waals surface area (Å²) in [6, 6.07) is 0. The van der Waals surface area contributed by atoms with Crippen molar-refractivity contribution in [1.82, 2.24) is 10.2 Å². The van der Waals surface area contributed by atoms with E-state index in [1.54, 1.807) is 0 Å². The molecule has 0 aromatic rings. The van der Waals surface area contributed by atoms with Crippen LogP contribution in [0.4, 0.5) is 0 Å². The zero-order valence-corrected chi connectivity index (χ0v) is 11.8. The van der Waals surface area contributed by atoms with Crippen molar-refractivity contribution in [1.29, 1.82) is 0 Å². The molecule has 1 fully saturated rings. The molecule has 0 aromatic carbocycles. The predicted molar refractivity (Wildman–Crippen MR) is 75.3 cm³/mol. The first kappa shape index (κ1) is 14.3. The van der Waals surface area contributed by atoms with Crippen LogP contribution in [0.3, 0.4) is 0 Å². The summed E-state index contributed by atoms with van der Waals surface area (Å²) in [5.41, 5.74) is 0. The Kier molecular flexibility index (Phi) is 8.34. The molecular weight excluding hydrogens is 216 g/mol. The molecule has 0 aliphatic carbocycles. The fraction of sp³-hybridized carbons (Fsp3) is 1.00. The van der Waals surface area contributed by atoms with E-state index < -0.39 is 0 Å². The van der Waals surface area contributed by atoms with Gasteiger partial charge in [0.05, 0.1) is 0 Å². The van der Waals surface area contributed by atoms with Gasteiger partial charge < -0.3 is 10.2 Å². The Morgan fingerprint density at radius 3 is 2.62 bits per heavy atom.